The lowest BCUT2D eigenvalue weighted by atomic mass is 10.1. The fourth-order valence-electron chi connectivity index (χ4n) is 1.38. The van der Waals surface area contributed by atoms with E-state index in [9.17, 15) is 4.79 Å². The molecule has 0 saturated heterocycles. The second-order valence-electron chi connectivity index (χ2n) is 3.23. The van der Waals surface area contributed by atoms with Gasteiger partial charge in [0.25, 0.3) is 0 Å². The number of aromatic nitrogens is 1. The van der Waals surface area contributed by atoms with Crippen LogP contribution in [0.4, 0.5) is 5.82 Å². The number of benzene rings is 1. The fraction of sp³-hybridized carbons (Fsp3) is 0.231. The maximum Gasteiger partial charge on any atom is 0.159 e. The third kappa shape index (κ3) is 2.57. The smallest absolute Gasteiger partial charge is 0.159 e. The van der Waals surface area contributed by atoms with E-state index in [0.29, 0.717) is 11.4 Å². The standard InChI is InChI=1S/C11H10N2O.C2H6/c1-7(14)8-2-3-9-6-13-11(12)5-10(9)4-8;1-2/h2-6H,1H3,(H2,12,13);1-2H3. The molecule has 2 N–H and O–H groups in total. The Kier molecular flexibility index (Phi) is 4.00. The number of nitrogens with two attached hydrogens (primary N) is 1. The maximum absolute atomic E-state index is 11.1. The van der Waals surface area contributed by atoms with Crippen LogP contribution in [-0.2, 0) is 0 Å². The summed E-state index contributed by atoms with van der Waals surface area (Å²) in [5, 5.41) is 1.94. The van der Waals surface area contributed by atoms with Crippen LogP contribution in [0.1, 0.15) is 31.1 Å². The van der Waals surface area contributed by atoms with Crippen LogP contribution in [0.3, 0.4) is 0 Å². The Bertz CT molecular complexity index is 506. The van der Waals surface area contributed by atoms with Gasteiger partial charge in [-0.15, -0.1) is 0 Å². The number of anilines is 1. The summed E-state index contributed by atoms with van der Waals surface area (Å²) in [7, 11) is 0. The number of nitrogens with zero attached hydrogens (tertiary/aromatic N) is 1. The Morgan fingerprint density at radius 2 is 1.88 bits per heavy atom. The summed E-state index contributed by atoms with van der Waals surface area (Å²) in [6.07, 6.45) is 1.70. The van der Waals surface area contributed by atoms with Crippen LogP contribution in [0.25, 0.3) is 10.8 Å². The number of nitrogen functional groups attached to an aromatic ring is 1. The summed E-state index contributed by atoms with van der Waals surface area (Å²) in [6.45, 7) is 5.55. The SMILES string of the molecule is CC.CC(=O)c1ccc2cnc(N)cc2c1. The summed E-state index contributed by atoms with van der Waals surface area (Å²) < 4.78 is 0. The minimum Gasteiger partial charge on any atom is -0.384 e. The number of carbonyl (C=O) groups excluding carboxylic acids is 1. The van der Waals surface area contributed by atoms with Crippen molar-refractivity contribution in [2.24, 2.45) is 0 Å². The Hall–Kier alpha value is -1.90. The fourth-order valence-corrected chi connectivity index (χ4v) is 1.38. The van der Waals surface area contributed by atoms with Crippen LogP contribution in [0.15, 0.2) is 30.5 Å². The van der Waals surface area contributed by atoms with Gasteiger partial charge < -0.3 is 5.73 Å². The topological polar surface area (TPSA) is 56.0 Å². The van der Waals surface area contributed by atoms with E-state index in [4.69, 9.17) is 5.73 Å². The lowest BCUT2D eigenvalue weighted by Crippen LogP contribution is -1.93. The summed E-state index contributed by atoms with van der Waals surface area (Å²) in [5.41, 5.74) is 6.25. The van der Waals surface area contributed by atoms with E-state index < -0.39 is 0 Å². The second-order valence-corrected chi connectivity index (χ2v) is 3.23. The molecule has 1 aromatic heterocycles. The highest BCUT2D eigenvalue weighted by molar-refractivity contribution is 5.98. The van der Waals surface area contributed by atoms with Crippen LogP contribution in [0.5, 0.6) is 0 Å². The highest BCUT2D eigenvalue weighted by atomic mass is 16.1. The molecule has 2 aromatic rings. The zero-order chi connectivity index (χ0) is 12.1. The van der Waals surface area contributed by atoms with Gasteiger partial charge in [0.1, 0.15) is 5.82 Å². The molecule has 16 heavy (non-hydrogen) atoms. The van der Waals surface area contributed by atoms with Gasteiger partial charge in [-0.25, -0.2) is 4.98 Å². The van der Waals surface area contributed by atoms with Crippen LogP contribution in [0.2, 0.25) is 0 Å². The molecule has 0 amide bonds. The van der Waals surface area contributed by atoms with Crippen molar-refractivity contribution in [3.8, 4) is 0 Å². The zero-order valence-corrected chi connectivity index (χ0v) is 9.82. The number of carbonyl (C=O) groups is 1. The number of fused-ring (bicyclic) bond motifs is 1. The molecule has 0 radical (unpaired) electrons. The largest absolute Gasteiger partial charge is 0.384 e. The van der Waals surface area contributed by atoms with Crippen molar-refractivity contribution in [1.29, 1.82) is 0 Å². The van der Waals surface area contributed by atoms with Gasteiger partial charge in [-0.1, -0.05) is 26.0 Å². The summed E-state index contributed by atoms with van der Waals surface area (Å²) >= 11 is 0. The molecule has 0 aliphatic carbocycles. The number of hydrogen-bond acceptors (Lipinski definition) is 3. The van der Waals surface area contributed by atoms with Crippen LogP contribution >= 0.6 is 0 Å². The molecule has 3 nitrogen and oxygen atoms in total. The third-order valence-electron chi connectivity index (χ3n) is 2.15. The first-order valence-electron chi connectivity index (χ1n) is 5.33. The molecule has 2 rings (SSSR count). The van der Waals surface area contributed by atoms with Crippen molar-refractivity contribution in [2.75, 3.05) is 5.73 Å². The van der Waals surface area contributed by atoms with Crippen LogP contribution in [-0.4, -0.2) is 10.8 Å². The average molecular weight is 216 g/mol. The van der Waals surface area contributed by atoms with Crippen LogP contribution in [0, 0.1) is 0 Å². The Morgan fingerprint density at radius 1 is 1.19 bits per heavy atom. The van der Waals surface area contributed by atoms with Crippen molar-refractivity contribution in [2.45, 2.75) is 20.8 Å². The second kappa shape index (κ2) is 5.26. The van der Waals surface area contributed by atoms with Gasteiger partial charge in [-0.2, -0.15) is 0 Å². The minimum absolute atomic E-state index is 0.0577. The summed E-state index contributed by atoms with van der Waals surface area (Å²) in [6, 6.07) is 7.26. The molecule has 3 heteroatoms. The third-order valence-corrected chi connectivity index (χ3v) is 2.15. The quantitative estimate of drug-likeness (QED) is 0.745. The van der Waals surface area contributed by atoms with Gasteiger partial charge in [0, 0.05) is 17.1 Å². The first-order valence-corrected chi connectivity index (χ1v) is 5.33. The normalized spacial score (nSPS) is 9.44. The van der Waals surface area contributed by atoms with Crippen LogP contribution < -0.4 is 5.73 Å². The number of ketones is 1. The Balaban J connectivity index is 0.000000606. The van der Waals surface area contributed by atoms with Crippen molar-refractivity contribution >= 4 is 22.4 Å². The molecular weight excluding hydrogens is 200 g/mol. The molecule has 1 heterocycles. The molecule has 0 fully saturated rings. The van der Waals surface area contributed by atoms with Gasteiger partial charge >= 0.3 is 0 Å². The predicted molar refractivity (Wildman–Crippen MR) is 67.5 cm³/mol. The molecule has 1 aromatic carbocycles. The van der Waals surface area contributed by atoms with Gasteiger partial charge in [0.05, 0.1) is 0 Å². The predicted octanol–water partition coefficient (Wildman–Crippen LogP) is 3.05. The van der Waals surface area contributed by atoms with Crippen molar-refractivity contribution in [3.05, 3.63) is 36.0 Å². The van der Waals surface area contributed by atoms with Crippen molar-refractivity contribution < 1.29 is 4.79 Å². The minimum atomic E-state index is 0.0577. The molecule has 0 unspecified atom stereocenters. The lowest BCUT2D eigenvalue weighted by molar-refractivity contribution is 0.101. The van der Waals surface area contributed by atoms with E-state index in [0.717, 1.165) is 10.8 Å². The number of rotatable bonds is 1. The van der Waals surface area contributed by atoms with E-state index in [1.165, 1.54) is 0 Å². The highest BCUT2D eigenvalue weighted by Gasteiger charge is 2.01. The number of hydrogen-bond donors (Lipinski definition) is 1. The number of Topliss-reactive ketones (excluding diaryl/α,β-unsaturated/α-hetero) is 1. The molecule has 0 atom stereocenters. The zero-order valence-electron chi connectivity index (χ0n) is 9.82. The molecule has 0 saturated carbocycles. The van der Waals surface area contributed by atoms with E-state index in [1.54, 1.807) is 25.3 Å². The first-order chi connectivity index (χ1) is 7.66. The highest BCUT2D eigenvalue weighted by Crippen LogP contribution is 2.17. The Morgan fingerprint density at radius 3 is 2.50 bits per heavy atom. The van der Waals surface area contributed by atoms with E-state index in [1.807, 2.05) is 26.0 Å². The van der Waals surface area contributed by atoms with Gasteiger partial charge in [0.15, 0.2) is 5.78 Å². The summed E-state index contributed by atoms with van der Waals surface area (Å²) in [5.74, 6) is 0.528. The van der Waals surface area contributed by atoms with Crippen molar-refractivity contribution in [1.82, 2.24) is 4.98 Å². The van der Waals surface area contributed by atoms with Gasteiger partial charge in [-0.3, -0.25) is 4.79 Å². The molecule has 84 valence electrons. The molecule has 0 aliphatic rings. The maximum atomic E-state index is 11.1. The lowest BCUT2D eigenvalue weighted by Gasteiger charge is -2.00. The molecule has 0 aliphatic heterocycles. The van der Waals surface area contributed by atoms with Gasteiger partial charge in [0.2, 0.25) is 0 Å². The molecular formula is C13H16N2O. The first kappa shape index (κ1) is 12.2. The van der Waals surface area contributed by atoms with E-state index in [-0.39, 0.29) is 5.78 Å². The van der Waals surface area contributed by atoms with Gasteiger partial charge in [-0.05, 0) is 24.4 Å². The Labute approximate surface area is 95.3 Å². The van der Waals surface area contributed by atoms with Crippen molar-refractivity contribution in [3.63, 3.8) is 0 Å². The average Bonchev–Trinajstić information content (AvgIpc) is 2.30. The monoisotopic (exact) mass is 216 g/mol. The van der Waals surface area contributed by atoms with E-state index in [2.05, 4.69) is 4.98 Å². The molecule has 0 spiro atoms. The number of pyridine rings is 1. The van der Waals surface area contributed by atoms with E-state index >= 15 is 0 Å². The summed E-state index contributed by atoms with van der Waals surface area (Å²) in [4.78, 5) is 15.1. The molecule has 0 bridgehead atoms.